The Bertz CT molecular complexity index is 663. The molecular weight excluding hydrogens is 266 g/mol. The molecule has 21 heavy (non-hydrogen) atoms. The molecule has 0 aliphatic heterocycles. The van der Waals surface area contributed by atoms with Gasteiger partial charge in [0, 0.05) is 12.0 Å². The molecule has 2 N–H and O–H groups in total. The van der Waals surface area contributed by atoms with Crippen LogP contribution in [-0.2, 0) is 6.54 Å². The Balaban J connectivity index is 2.14. The van der Waals surface area contributed by atoms with E-state index in [2.05, 4.69) is 17.2 Å². The molecule has 2 aromatic rings. The van der Waals surface area contributed by atoms with Crippen molar-refractivity contribution in [1.82, 2.24) is 5.32 Å². The molecule has 0 radical (unpaired) electrons. The van der Waals surface area contributed by atoms with Gasteiger partial charge < -0.3 is 14.8 Å². The molecule has 4 nitrogen and oxygen atoms in total. The van der Waals surface area contributed by atoms with Gasteiger partial charge in [-0.15, -0.1) is 0 Å². The minimum absolute atomic E-state index is 0.0127. The number of furan rings is 1. The van der Waals surface area contributed by atoms with Crippen LogP contribution in [0.3, 0.4) is 0 Å². The first-order valence-electron chi connectivity index (χ1n) is 6.71. The lowest BCUT2D eigenvalue weighted by molar-refractivity contribution is 0.0948. The van der Waals surface area contributed by atoms with Gasteiger partial charge in [0.05, 0.1) is 25.0 Å². The van der Waals surface area contributed by atoms with E-state index in [1.807, 2.05) is 19.1 Å². The highest BCUT2D eigenvalue weighted by atomic mass is 16.3. The lowest BCUT2D eigenvalue weighted by Gasteiger charge is -2.06. The summed E-state index contributed by atoms with van der Waals surface area (Å²) in [7, 11) is 0. The van der Waals surface area contributed by atoms with Gasteiger partial charge in [-0.1, -0.05) is 17.9 Å². The van der Waals surface area contributed by atoms with Gasteiger partial charge in [-0.2, -0.15) is 0 Å². The van der Waals surface area contributed by atoms with E-state index in [9.17, 15) is 4.79 Å². The van der Waals surface area contributed by atoms with E-state index in [1.54, 1.807) is 24.5 Å². The van der Waals surface area contributed by atoms with Crippen molar-refractivity contribution in [2.75, 3.05) is 6.61 Å². The number of amides is 1. The molecule has 4 heteroatoms. The van der Waals surface area contributed by atoms with Crippen molar-refractivity contribution in [2.24, 2.45) is 0 Å². The molecule has 1 amide bonds. The minimum Gasteiger partial charge on any atom is -0.467 e. The maximum absolute atomic E-state index is 12.2. The SMILES string of the molecule is Cc1ccc(C(=O)NCc2ccco2)c(C#CCCO)c1. The van der Waals surface area contributed by atoms with E-state index in [0.29, 0.717) is 29.9 Å². The fraction of sp³-hybridized carbons (Fsp3) is 0.235. The van der Waals surface area contributed by atoms with Crippen LogP contribution in [0.5, 0.6) is 0 Å². The maximum atomic E-state index is 12.2. The molecule has 1 aromatic heterocycles. The zero-order chi connectivity index (χ0) is 15.1. The molecule has 1 heterocycles. The molecule has 0 atom stereocenters. The Morgan fingerprint density at radius 2 is 2.24 bits per heavy atom. The minimum atomic E-state index is -0.195. The molecule has 0 saturated heterocycles. The third-order valence-corrected chi connectivity index (χ3v) is 2.88. The summed E-state index contributed by atoms with van der Waals surface area (Å²) < 4.78 is 5.18. The number of hydrogen-bond donors (Lipinski definition) is 2. The highest BCUT2D eigenvalue weighted by Gasteiger charge is 2.10. The van der Waals surface area contributed by atoms with Crippen molar-refractivity contribution in [3.05, 3.63) is 59.0 Å². The third kappa shape index (κ3) is 4.23. The molecule has 0 saturated carbocycles. The second-order valence-corrected chi connectivity index (χ2v) is 4.59. The van der Waals surface area contributed by atoms with Crippen molar-refractivity contribution in [2.45, 2.75) is 19.9 Å². The van der Waals surface area contributed by atoms with E-state index in [-0.39, 0.29) is 12.5 Å². The number of rotatable bonds is 4. The quantitative estimate of drug-likeness (QED) is 0.846. The average Bonchev–Trinajstić information content (AvgIpc) is 2.98. The predicted molar refractivity (Wildman–Crippen MR) is 79.6 cm³/mol. The molecule has 1 aromatic carbocycles. The summed E-state index contributed by atoms with van der Waals surface area (Å²) in [6.45, 7) is 2.30. The number of hydrogen-bond acceptors (Lipinski definition) is 3. The van der Waals surface area contributed by atoms with E-state index >= 15 is 0 Å². The predicted octanol–water partition coefficient (Wildman–Crippen LogP) is 2.25. The third-order valence-electron chi connectivity index (χ3n) is 2.88. The van der Waals surface area contributed by atoms with Gasteiger partial charge in [0.1, 0.15) is 5.76 Å². The van der Waals surface area contributed by atoms with Gasteiger partial charge in [0.25, 0.3) is 5.91 Å². The van der Waals surface area contributed by atoms with Gasteiger partial charge in [0.2, 0.25) is 0 Å². The van der Waals surface area contributed by atoms with Crippen molar-refractivity contribution in [1.29, 1.82) is 0 Å². The van der Waals surface area contributed by atoms with Gasteiger partial charge >= 0.3 is 0 Å². The lowest BCUT2D eigenvalue weighted by Crippen LogP contribution is -2.23. The normalized spacial score (nSPS) is 9.81. The van der Waals surface area contributed by atoms with Crippen LogP contribution in [0.15, 0.2) is 41.0 Å². The number of aliphatic hydroxyl groups is 1. The Morgan fingerprint density at radius 3 is 2.95 bits per heavy atom. The van der Waals surface area contributed by atoms with E-state index < -0.39 is 0 Å². The topological polar surface area (TPSA) is 62.5 Å². The molecule has 0 aliphatic rings. The summed E-state index contributed by atoms with van der Waals surface area (Å²) in [6, 6.07) is 9.08. The number of carbonyl (C=O) groups is 1. The summed E-state index contributed by atoms with van der Waals surface area (Å²) in [6.07, 6.45) is 1.96. The summed E-state index contributed by atoms with van der Waals surface area (Å²) in [4.78, 5) is 12.2. The standard InChI is InChI=1S/C17H17NO3/c1-13-7-8-16(14(11-13)5-2-3-9-19)17(20)18-12-15-6-4-10-21-15/h4,6-8,10-11,19H,3,9,12H2,1H3,(H,18,20). The zero-order valence-electron chi connectivity index (χ0n) is 11.8. The van der Waals surface area contributed by atoms with Gasteiger partial charge in [-0.3, -0.25) is 4.79 Å². The first-order valence-corrected chi connectivity index (χ1v) is 6.71. The summed E-state index contributed by atoms with van der Waals surface area (Å²) >= 11 is 0. The molecule has 2 rings (SSSR count). The second kappa shape index (κ2) is 7.32. The van der Waals surface area contributed by atoms with Crippen molar-refractivity contribution < 1.29 is 14.3 Å². The van der Waals surface area contributed by atoms with Gasteiger partial charge in [-0.05, 0) is 36.8 Å². The number of benzene rings is 1. The van der Waals surface area contributed by atoms with Crippen LogP contribution in [0.4, 0.5) is 0 Å². The monoisotopic (exact) mass is 283 g/mol. The Morgan fingerprint density at radius 1 is 1.38 bits per heavy atom. The average molecular weight is 283 g/mol. The Kier molecular flexibility index (Phi) is 5.19. The largest absolute Gasteiger partial charge is 0.467 e. The number of aryl methyl sites for hydroxylation is 1. The number of nitrogens with one attached hydrogen (secondary N) is 1. The molecular formula is C17H17NO3. The van der Waals surface area contributed by atoms with Gasteiger partial charge in [-0.25, -0.2) is 0 Å². The van der Waals surface area contributed by atoms with Gasteiger partial charge in [0.15, 0.2) is 0 Å². The number of carbonyl (C=O) groups excluding carboxylic acids is 1. The zero-order valence-corrected chi connectivity index (χ0v) is 11.8. The fourth-order valence-corrected chi connectivity index (χ4v) is 1.85. The summed E-state index contributed by atoms with van der Waals surface area (Å²) in [5.74, 6) is 6.28. The van der Waals surface area contributed by atoms with Crippen LogP contribution in [-0.4, -0.2) is 17.6 Å². The fourth-order valence-electron chi connectivity index (χ4n) is 1.85. The van der Waals surface area contributed by atoms with Crippen LogP contribution in [0.25, 0.3) is 0 Å². The molecule has 0 bridgehead atoms. The highest BCUT2D eigenvalue weighted by molar-refractivity contribution is 5.96. The highest BCUT2D eigenvalue weighted by Crippen LogP contribution is 2.11. The van der Waals surface area contributed by atoms with Crippen molar-refractivity contribution in [3.8, 4) is 11.8 Å². The maximum Gasteiger partial charge on any atom is 0.252 e. The van der Waals surface area contributed by atoms with Crippen LogP contribution in [0, 0.1) is 18.8 Å². The van der Waals surface area contributed by atoms with E-state index in [0.717, 1.165) is 5.56 Å². The van der Waals surface area contributed by atoms with Crippen molar-refractivity contribution >= 4 is 5.91 Å². The second-order valence-electron chi connectivity index (χ2n) is 4.59. The van der Waals surface area contributed by atoms with E-state index in [4.69, 9.17) is 9.52 Å². The molecule has 0 spiro atoms. The Hall–Kier alpha value is -2.51. The van der Waals surface area contributed by atoms with Crippen LogP contribution < -0.4 is 5.32 Å². The first-order chi connectivity index (χ1) is 10.2. The molecule has 0 unspecified atom stereocenters. The number of aliphatic hydroxyl groups excluding tert-OH is 1. The molecule has 0 aliphatic carbocycles. The smallest absolute Gasteiger partial charge is 0.252 e. The lowest BCUT2D eigenvalue weighted by atomic mass is 10.0. The van der Waals surface area contributed by atoms with Crippen LogP contribution in [0.1, 0.15) is 33.7 Å². The van der Waals surface area contributed by atoms with Crippen LogP contribution >= 0.6 is 0 Å². The summed E-state index contributed by atoms with van der Waals surface area (Å²) in [5.41, 5.74) is 2.23. The molecule has 0 fully saturated rings. The van der Waals surface area contributed by atoms with E-state index in [1.165, 1.54) is 0 Å². The van der Waals surface area contributed by atoms with Crippen molar-refractivity contribution in [3.63, 3.8) is 0 Å². The molecule has 108 valence electrons. The van der Waals surface area contributed by atoms with Crippen LogP contribution in [0.2, 0.25) is 0 Å². The summed E-state index contributed by atoms with van der Waals surface area (Å²) in [5, 5.41) is 11.6. The first kappa shape index (κ1) is 14.9. The Labute approximate surface area is 123 Å².